The lowest BCUT2D eigenvalue weighted by Crippen LogP contribution is -2.34. The summed E-state index contributed by atoms with van der Waals surface area (Å²) in [7, 11) is -2.05. The molecule has 9 rings (SSSR count). The van der Waals surface area contributed by atoms with E-state index in [1.807, 2.05) is 41.0 Å². The van der Waals surface area contributed by atoms with Crippen LogP contribution >= 0.6 is 11.3 Å². The predicted octanol–water partition coefficient (Wildman–Crippen LogP) is 7.32. The SMILES string of the molecule is [2H]c1c([2H])c([2H])c2c(c1[2H])c1c([2H])c([2H])c([2H])c([2H])c1n2-c1cc(B(O)O)nc(-n2c3ccccc3c3ccc4c5ccccc5sc4c32)c1. The van der Waals surface area contributed by atoms with Crippen molar-refractivity contribution in [3.8, 4) is 11.5 Å². The first kappa shape index (κ1) is 17.1. The zero-order valence-corrected chi connectivity index (χ0v) is 22.5. The quantitative estimate of drug-likeness (QED) is 0.220. The number of pyridine rings is 1. The second kappa shape index (κ2) is 8.78. The maximum atomic E-state index is 10.6. The first-order chi connectivity index (χ1) is 24.0. The van der Waals surface area contributed by atoms with E-state index in [1.165, 1.54) is 10.6 Å². The number of rotatable bonds is 3. The van der Waals surface area contributed by atoms with Gasteiger partial charge in [-0.15, -0.1) is 11.3 Å². The van der Waals surface area contributed by atoms with Gasteiger partial charge in [0, 0.05) is 43.1 Å². The lowest BCUT2D eigenvalue weighted by molar-refractivity contribution is 0.424. The summed E-state index contributed by atoms with van der Waals surface area (Å²) in [6.07, 6.45) is 0. The van der Waals surface area contributed by atoms with Crippen molar-refractivity contribution in [2.75, 3.05) is 0 Å². The Hall–Kier alpha value is -4.95. The molecule has 0 aliphatic heterocycles. The molecule has 0 fully saturated rings. The molecule has 0 aliphatic carbocycles. The molecule has 0 aliphatic rings. The molecule has 9 aromatic rings. The van der Waals surface area contributed by atoms with E-state index in [4.69, 9.17) is 16.0 Å². The summed E-state index contributed by atoms with van der Waals surface area (Å²) < 4.78 is 74.6. The lowest BCUT2D eigenvalue weighted by Gasteiger charge is -2.14. The Morgan fingerprint density at radius 1 is 0.643 bits per heavy atom. The molecule has 0 unspecified atom stereocenters. The summed E-state index contributed by atoms with van der Waals surface area (Å²) in [5.41, 5.74) is 1.43. The van der Waals surface area contributed by atoms with Gasteiger partial charge >= 0.3 is 7.12 Å². The van der Waals surface area contributed by atoms with Crippen molar-refractivity contribution in [3.63, 3.8) is 0 Å². The first-order valence-corrected chi connectivity index (χ1v) is 14.0. The normalized spacial score (nSPS) is 14.7. The predicted molar refractivity (Wildman–Crippen MR) is 176 cm³/mol. The monoisotopic (exact) mass is 567 g/mol. The zero-order valence-electron chi connectivity index (χ0n) is 29.6. The van der Waals surface area contributed by atoms with E-state index in [2.05, 4.69) is 24.3 Å². The highest BCUT2D eigenvalue weighted by Crippen LogP contribution is 2.43. The molecule has 5 aromatic carbocycles. The average Bonchev–Trinajstić information content (AvgIpc) is 3.79. The molecule has 0 radical (unpaired) electrons. The average molecular weight is 568 g/mol. The molecule has 5 nitrogen and oxygen atoms in total. The Bertz CT molecular complexity index is 2900. The van der Waals surface area contributed by atoms with Crippen LogP contribution in [0.5, 0.6) is 0 Å². The van der Waals surface area contributed by atoms with Crippen molar-refractivity contribution in [1.82, 2.24) is 14.1 Å². The molecular formula is C35H22BN3O2S. The van der Waals surface area contributed by atoms with E-state index >= 15 is 0 Å². The molecule has 0 saturated heterocycles. The fourth-order valence-corrected chi connectivity index (χ4v) is 7.29. The van der Waals surface area contributed by atoms with Gasteiger partial charge in [0.05, 0.1) is 49.0 Å². The molecule has 2 N–H and O–H groups in total. The molecular weight excluding hydrogens is 537 g/mol. The maximum Gasteiger partial charge on any atom is 0.508 e. The third kappa shape index (κ3) is 3.24. The van der Waals surface area contributed by atoms with Crippen LogP contribution in [-0.2, 0) is 0 Å². The zero-order chi connectivity index (χ0) is 34.9. The molecule has 4 heterocycles. The van der Waals surface area contributed by atoms with Crippen LogP contribution in [0.1, 0.15) is 11.0 Å². The van der Waals surface area contributed by atoms with Gasteiger partial charge in [-0.05, 0) is 30.3 Å². The first-order valence-electron chi connectivity index (χ1n) is 17.2. The van der Waals surface area contributed by atoms with Crippen molar-refractivity contribution in [2.24, 2.45) is 0 Å². The molecule has 0 spiro atoms. The van der Waals surface area contributed by atoms with Gasteiger partial charge in [0.25, 0.3) is 0 Å². The molecule has 4 aromatic heterocycles. The number of aromatic nitrogens is 3. The highest BCUT2D eigenvalue weighted by Gasteiger charge is 2.23. The van der Waals surface area contributed by atoms with Crippen LogP contribution < -0.4 is 5.59 Å². The number of hydrogen-bond donors (Lipinski definition) is 2. The Labute approximate surface area is 255 Å². The summed E-state index contributed by atoms with van der Waals surface area (Å²) in [6, 6.07) is 19.0. The van der Waals surface area contributed by atoms with Crippen molar-refractivity contribution < 1.29 is 21.0 Å². The number of para-hydroxylation sites is 3. The molecule has 0 atom stereocenters. The Balaban J connectivity index is 1.49. The largest absolute Gasteiger partial charge is 0.508 e. The number of nitrogens with zero attached hydrogens (tertiary/aromatic N) is 3. The highest BCUT2D eigenvalue weighted by molar-refractivity contribution is 7.26. The summed E-state index contributed by atoms with van der Waals surface area (Å²) in [5, 5.41) is 25.0. The number of thiophene rings is 1. The topological polar surface area (TPSA) is 63.2 Å². The second-order valence-electron chi connectivity index (χ2n) is 10.1. The van der Waals surface area contributed by atoms with Crippen molar-refractivity contribution in [1.29, 1.82) is 0 Å². The third-order valence-corrected chi connectivity index (χ3v) is 8.97. The standard InChI is InChI=1S/C35H22BN3O2S/c40-36(41)32-19-21(38-28-13-5-1-9-22(28)23-10-2-6-14-29(23)38)20-33(37-32)39-30-15-7-3-11-24(30)26-17-18-27-25-12-4-8-16-31(25)42-35(27)34(26)39/h1-20,40-41H/i1D,2D,5D,6D,9D,10D,13D,14D. The molecule has 198 valence electrons. The Kier molecular flexibility index (Phi) is 3.58. The molecule has 0 amide bonds. The minimum absolute atomic E-state index is 0.0775. The van der Waals surface area contributed by atoms with Crippen LogP contribution in [0.4, 0.5) is 0 Å². The van der Waals surface area contributed by atoms with Gasteiger partial charge < -0.3 is 14.6 Å². The van der Waals surface area contributed by atoms with Crippen LogP contribution in [0, 0.1) is 0 Å². The Morgan fingerprint density at radius 2 is 1.31 bits per heavy atom. The molecule has 0 saturated carbocycles. The van der Waals surface area contributed by atoms with E-state index in [9.17, 15) is 10.0 Å². The second-order valence-corrected chi connectivity index (χ2v) is 11.1. The number of benzene rings is 5. The highest BCUT2D eigenvalue weighted by atomic mass is 32.1. The van der Waals surface area contributed by atoms with Gasteiger partial charge in [-0.1, -0.05) is 84.8 Å². The van der Waals surface area contributed by atoms with Gasteiger partial charge in [0.1, 0.15) is 5.82 Å². The van der Waals surface area contributed by atoms with Gasteiger partial charge in [0.15, 0.2) is 0 Å². The van der Waals surface area contributed by atoms with Gasteiger partial charge in [-0.2, -0.15) is 0 Å². The molecule has 0 bridgehead atoms. The molecule has 42 heavy (non-hydrogen) atoms. The summed E-state index contributed by atoms with van der Waals surface area (Å²) in [4.78, 5) is 4.70. The molecule has 7 heteroatoms. The number of hydrogen-bond acceptors (Lipinski definition) is 4. The van der Waals surface area contributed by atoms with Crippen LogP contribution in [-0.4, -0.2) is 31.3 Å². The number of fused-ring (bicyclic) bond motifs is 10. The van der Waals surface area contributed by atoms with Gasteiger partial charge in [-0.25, -0.2) is 4.98 Å². The van der Waals surface area contributed by atoms with Crippen LogP contribution in [0.15, 0.2) is 121 Å². The minimum atomic E-state index is -2.05. The third-order valence-electron chi connectivity index (χ3n) is 7.78. The van der Waals surface area contributed by atoms with E-state index in [1.54, 1.807) is 17.4 Å². The van der Waals surface area contributed by atoms with Crippen LogP contribution in [0.3, 0.4) is 0 Å². The Morgan fingerprint density at radius 3 is 2.07 bits per heavy atom. The van der Waals surface area contributed by atoms with Crippen LogP contribution in [0.25, 0.3) is 75.3 Å². The lowest BCUT2D eigenvalue weighted by atomic mass is 9.85. The van der Waals surface area contributed by atoms with E-state index in [0.717, 1.165) is 42.0 Å². The summed E-state index contributed by atoms with van der Waals surface area (Å²) >= 11 is 1.62. The van der Waals surface area contributed by atoms with Gasteiger partial charge in [-0.3, -0.25) is 4.57 Å². The maximum absolute atomic E-state index is 10.6. The van der Waals surface area contributed by atoms with Crippen molar-refractivity contribution in [2.45, 2.75) is 0 Å². The fraction of sp³-hybridized carbons (Fsp3) is 0. The summed E-state index contributed by atoms with van der Waals surface area (Å²) in [5.74, 6) is 0.262. The van der Waals surface area contributed by atoms with Crippen LogP contribution in [0.2, 0.25) is 0 Å². The van der Waals surface area contributed by atoms with Crippen molar-refractivity contribution in [3.05, 3.63) is 121 Å². The van der Waals surface area contributed by atoms with E-state index in [0.29, 0.717) is 0 Å². The van der Waals surface area contributed by atoms with E-state index < -0.39 is 55.5 Å². The minimum Gasteiger partial charge on any atom is -0.422 e. The summed E-state index contributed by atoms with van der Waals surface area (Å²) in [6.45, 7) is 0. The van der Waals surface area contributed by atoms with Gasteiger partial charge in [0.2, 0.25) is 0 Å². The van der Waals surface area contributed by atoms with Crippen molar-refractivity contribution >= 4 is 87.8 Å². The smallest absolute Gasteiger partial charge is 0.422 e. The van der Waals surface area contributed by atoms with E-state index in [-0.39, 0.29) is 38.9 Å². The fourth-order valence-electron chi connectivity index (χ4n) is 6.05.